The first-order valence-corrected chi connectivity index (χ1v) is 9.90. The van der Waals surface area contributed by atoms with Crippen molar-refractivity contribution in [3.63, 3.8) is 0 Å². The van der Waals surface area contributed by atoms with E-state index in [1.807, 2.05) is 13.8 Å². The molecule has 1 aromatic carbocycles. The van der Waals surface area contributed by atoms with Crippen LogP contribution < -0.4 is 5.76 Å². The van der Waals surface area contributed by atoms with Crippen LogP contribution in [-0.2, 0) is 17.1 Å². The monoisotopic (exact) mass is 381 g/mol. The van der Waals surface area contributed by atoms with E-state index in [1.54, 1.807) is 31.4 Å². The molecule has 1 unspecified atom stereocenters. The number of rotatable bonds is 4. The number of aryl methyl sites for hydroxylation is 3. The van der Waals surface area contributed by atoms with Gasteiger partial charge in [0.05, 0.1) is 27.2 Å². The summed E-state index contributed by atoms with van der Waals surface area (Å²) in [5.41, 5.74) is 1.54. The van der Waals surface area contributed by atoms with Gasteiger partial charge in [0.1, 0.15) is 0 Å². The SMILES string of the molecule is Cc1nc(C(C)N(C)S(=O)(=O)c2ccc3c(c2)oc(=O)n3C)c(C)s1. The average Bonchev–Trinajstić information content (AvgIpc) is 3.04. The van der Waals surface area contributed by atoms with Crippen molar-refractivity contribution < 1.29 is 12.8 Å². The van der Waals surface area contributed by atoms with Gasteiger partial charge in [-0.15, -0.1) is 11.3 Å². The lowest BCUT2D eigenvalue weighted by Gasteiger charge is -2.23. The molecule has 0 fully saturated rings. The zero-order valence-corrected chi connectivity index (χ0v) is 16.2. The Kier molecular flexibility index (Phi) is 4.34. The van der Waals surface area contributed by atoms with Crippen LogP contribution >= 0.6 is 11.3 Å². The Morgan fingerprint density at radius 1 is 1.32 bits per heavy atom. The van der Waals surface area contributed by atoms with E-state index < -0.39 is 21.8 Å². The lowest BCUT2D eigenvalue weighted by atomic mass is 10.2. The fraction of sp³-hybridized carbons (Fsp3) is 0.375. The van der Waals surface area contributed by atoms with E-state index >= 15 is 0 Å². The minimum atomic E-state index is -3.76. The molecule has 2 heterocycles. The minimum Gasteiger partial charge on any atom is -0.408 e. The number of sulfonamides is 1. The smallest absolute Gasteiger partial charge is 0.408 e. The first-order chi connectivity index (χ1) is 11.6. The number of hydrogen-bond donors (Lipinski definition) is 0. The molecule has 2 aromatic heterocycles. The topological polar surface area (TPSA) is 85.4 Å². The van der Waals surface area contributed by atoms with Gasteiger partial charge in [-0.25, -0.2) is 18.2 Å². The largest absolute Gasteiger partial charge is 0.419 e. The zero-order chi connectivity index (χ0) is 18.5. The van der Waals surface area contributed by atoms with Crippen LogP contribution in [0.4, 0.5) is 0 Å². The number of fused-ring (bicyclic) bond motifs is 1. The van der Waals surface area contributed by atoms with Crippen molar-refractivity contribution >= 4 is 32.5 Å². The van der Waals surface area contributed by atoms with Crippen LogP contribution in [0.15, 0.2) is 32.3 Å². The quantitative estimate of drug-likeness (QED) is 0.693. The lowest BCUT2D eigenvalue weighted by Crippen LogP contribution is -2.30. The summed E-state index contributed by atoms with van der Waals surface area (Å²) in [6.07, 6.45) is 0. The Morgan fingerprint density at radius 3 is 2.60 bits per heavy atom. The highest BCUT2D eigenvalue weighted by Crippen LogP contribution is 2.30. The minimum absolute atomic E-state index is 0.0771. The van der Waals surface area contributed by atoms with Crippen molar-refractivity contribution in [2.75, 3.05) is 7.05 Å². The molecule has 0 radical (unpaired) electrons. The van der Waals surface area contributed by atoms with Crippen molar-refractivity contribution in [3.05, 3.63) is 44.3 Å². The van der Waals surface area contributed by atoms with Gasteiger partial charge in [0.2, 0.25) is 10.0 Å². The molecule has 134 valence electrons. The second-order valence-electron chi connectivity index (χ2n) is 5.93. The summed E-state index contributed by atoms with van der Waals surface area (Å²) in [5, 5.41) is 0.901. The molecule has 0 saturated heterocycles. The van der Waals surface area contributed by atoms with Gasteiger partial charge >= 0.3 is 5.76 Å². The normalized spacial score (nSPS) is 13.7. The third-order valence-electron chi connectivity index (χ3n) is 4.32. The summed E-state index contributed by atoms with van der Waals surface area (Å²) in [5.74, 6) is -0.528. The number of hydrogen-bond acceptors (Lipinski definition) is 6. The van der Waals surface area contributed by atoms with E-state index in [0.29, 0.717) is 5.52 Å². The number of aromatic nitrogens is 2. The highest BCUT2D eigenvalue weighted by Gasteiger charge is 2.29. The van der Waals surface area contributed by atoms with Gasteiger partial charge in [-0.1, -0.05) is 0 Å². The third-order valence-corrected chi connectivity index (χ3v) is 7.15. The van der Waals surface area contributed by atoms with Gasteiger partial charge in [-0.3, -0.25) is 4.57 Å². The fourth-order valence-electron chi connectivity index (χ4n) is 2.75. The Bertz CT molecular complexity index is 1110. The Hall–Kier alpha value is -1.97. The van der Waals surface area contributed by atoms with Crippen molar-refractivity contribution in [1.29, 1.82) is 0 Å². The average molecular weight is 381 g/mol. The first kappa shape index (κ1) is 17.8. The van der Waals surface area contributed by atoms with E-state index in [2.05, 4.69) is 4.98 Å². The van der Waals surface area contributed by atoms with Crippen LogP contribution in [0.3, 0.4) is 0 Å². The van der Waals surface area contributed by atoms with Crippen molar-refractivity contribution in [2.45, 2.75) is 31.7 Å². The maximum atomic E-state index is 13.0. The predicted molar refractivity (Wildman–Crippen MR) is 96.4 cm³/mol. The maximum Gasteiger partial charge on any atom is 0.419 e. The molecule has 25 heavy (non-hydrogen) atoms. The van der Waals surface area contributed by atoms with Gasteiger partial charge in [-0.2, -0.15) is 4.31 Å². The van der Waals surface area contributed by atoms with Crippen LogP contribution in [0.1, 0.15) is 28.5 Å². The van der Waals surface area contributed by atoms with E-state index in [9.17, 15) is 13.2 Å². The van der Waals surface area contributed by atoms with Gasteiger partial charge in [0.25, 0.3) is 0 Å². The van der Waals surface area contributed by atoms with Crippen LogP contribution in [0.5, 0.6) is 0 Å². The highest BCUT2D eigenvalue weighted by atomic mass is 32.2. The first-order valence-electron chi connectivity index (χ1n) is 7.64. The highest BCUT2D eigenvalue weighted by molar-refractivity contribution is 7.89. The summed E-state index contributed by atoms with van der Waals surface area (Å²) in [7, 11) is -0.662. The molecular formula is C16H19N3O4S2. The summed E-state index contributed by atoms with van der Waals surface area (Å²) >= 11 is 1.54. The van der Waals surface area contributed by atoms with Crippen LogP contribution in [0.25, 0.3) is 11.1 Å². The number of benzene rings is 1. The van der Waals surface area contributed by atoms with E-state index in [0.717, 1.165) is 15.6 Å². The summed E-state index contributed by atoms with van der Waals surface area (Å²) in [4.78, 5) is 17.1. The standard InChI is InChI=1S/C16H19N3O4S2/c1-9(15-10(2)24-11(3)17-15)19(5)25(21,22)12-6-7-13-14(8-12)23-16(20)18(13)4/h6-9H,1-5H3. The Labute approximate surface area is 149 Å². The van der Waals surface area contributed by atoms with Crippen molar-refractivity contribution in [3.8, 4) is 0 Å². The molecule has 9 heteroatoms. The Balaban J connectivity index is 2.03. The molecule has 3 rings (SSSR count). The second kappa shape index (κ2) is 6.08. The number of nitrogens with zero attached hydrogens (tertiary/aromatic N) is 3. The molecule has 0 amide bonds. The van der Waals surface area contributed by atoms with Crippen LogP contribution in [0.2, 0.25) is 0 Å². The molecule has 0 spiro atoms. The van der Waals surface area contributed by atoms with Crippen molar-refractivity contribution in [2.24, 2.45) is 7.05 Å². The molecule has 0 aliphatic heterocycles. The van der Waals surface area contributed by atoms with E-state index in [-0.39, 0.29) is 10.5 Å². The molecule has 0 N–H and O–H groups in total. The molecule has 0 bridgehead atoms. The van der Waals surface area contributed by atoms with Gasteiger partial charge in [0.15, 0.2) is 5.58 Å². The van der Waals surface area contributed by atoms with Gasteiger partial charge in [0, 0.05) is 25.0 Å². The molecule has 3 aromatic rings. The van der Waals surface area contributed by atoms with E-state index in [1.165, 1.54) is 28.1 Å². The fourth-order valence-corrected chi connectivity index (χ4v) is 5.01. The maximum absolute atomic E-state index is 13.0. The molecule has 0 aliphatic rings. The third kappa shape index (κ3) is 2.92. The van der Waals surface area contributed by atoms with Crippen LogP contribution in [0, 0.1) is 13.8 Å². The zero-order valence-electron chi connectivity index (χ0n) is 14.6. The summed E-state index contributed by atoms with van der Waals surface area (Å²) in [6.45, 7) is 5.63. The molecular weight excluding hydrogens is 362 g/mol. The Morgan fingerprint density at radius 2 is 2.00 bits per heavy atom. The summed E-state index contributed by atoms with van der Waals surface area (Å²) in [6, 6.07) is 4.03. The molecule has 0 aliphatic carbocycles. The number of oxazole rings is 1. The summed E-state index contributed by atoms with van der Waals surface area (Å²) < 4.78 is 33.7. The second-order valence-corrected chi connectivity index (χ2v) is 9.33. The molecule has 1 atom stereocenters. The lowest BCUT2D eigenvalue weighted by molar-refractivity contribution is 0.391. The van der Waals surface area contributed by atoms with E-state index in [4.69, 9.17) is 4.42 Å². The van der Waals surface area contributed by atoms with Gasteiger partial charge < -0.3 is 4.42 Å². The van der Waals surface area contributed by atoms with Gasteiger partial charge in [-0.05, 0) is 32.9 Å². The number of thiazole rings is 1. The molecule has 7 nitrogen and oxygen atoms in total. The van der Waals surface area contributed by atoms with Crippen LogP contribution in [-0.4, -0.2) is 29.3 Å². The predicted octanol–water partition coefficient (Wildman–Crippen LogP) is 2.59. The molecule has 0 saturated carbocycles. The van der Waals surface area contributed by atoms with Crippen molar-refractivity contribution in [1.82, 2.24) is 13.9 Å².